The Labute approximate surface area is 91.7 Å². The third kappa shape index (κ3) is 2.80. The van der Waals surface area contributed by atoms with Gasteiger partial charge in [0.1, 0.15) is 0 Å². The van der Waals surface area contributed by atoms with E-state index in [9.17, 15) is 13.2 Å². The van der Waals surface area contributed by atoms with Gasteiger partial charge in [0, 0.05) is 13.1 Å². The number of nitrogens with zero attached hydrogens (tertiary/aromatic N) is 1. The summed E-state index contributed by atoms with van der Waals surface area (Å²) < 4.78 is 22.6. The molecule has 13 heavy (non-hydrogen) atoms. The summed E-state index contributed by atoms with van der Waals surface area (Å²) in [4.78, 5) is 12.8. The van der Waals surface area contributed by atoms with Crippen LogP contribution in [0.1, 0.15) is 6.42 Å². The molecule has 0 aromatic carbocycles. The highest BCUT2D eigenvalue weighted by Gasteiger charge is 2.32. The first-order valence-electron chi connectivity index (χ1n) is 3.98. The van der Waals surface area contributed by atoms with Crippen LogP contribution < -0.4 is 0 Å². The molecule has 1 atom stereocenters. The maximum Gasteiger partial charge on any atom is 0.232 e. The van der Waals surface area contributed by atoms with Crippen molar-refractivity contribution in [3.05, 3.63) is 0 Å². The molecule has 1 aliphatic rings. The summed E-state index contributed by atoms with van der Waals surface area (Å²) in [5, 5.41) is 0. The quantitative estimate of drug-likeness (QED) is 0.535. The topological polar surface area (TPSA) is 54.5 Å². The monoisotopic (exact) mass is 317 g/mol. The van der Waals surface area contributed by atoms with Gasteiger partial charge >= 0.3 is 0 Å². The molecule has 1 fully saturated rings. The van der Waals surface area contributed by atoms with E-state index in [0.717, 1.165) is 0 Å². The fourth-order valence-corrected chi connectivity index (χ4v) is 3.69. The second kappa shape index (κ2) is 4.12. The molecule has 76 valence electrons. The van der Waals surface area contributed by atoms with Crippen LogP contribution in [0.4, 0.5) is 0 Å². The summed E-state index contributed by atoms with van der Waals surface area (Å²) in [7, 11) is -1.21. The minimum Gasteiger partial charge on any atom is -0.341 e. The summed E-state index contributed by atoms with van der Waals surface area (Å²) in [6, 6.07) is -0.104. The van der Waals surface area contributed by atoms with Crippen LogP contribution in [0.25, 0.3) is 0 Å². The Morgan fingerprint density at radius 1 is 1.62 bits per heavy atom. The highest BCUT2D eigenvalue weighted by atomic mass is 127. The van der Waals surface area contributed by atoms with Gasteiger partial charge in [0.15, 0.2) is 9.84 Å². The van der Waals surface area contributed by atoms with Gasteiger partial charge in [-0.05, 0) is 6.42 Å². The van der Waals surface area contributed by atoms with Crippen LogP contribution in [0, 0.1) is 0 Å². The lowest BCUT2D eigenvalue weighted by Gasteiger charge is -2.22. The first kappa shape index (κ1) is 11.2. The van der Waals surface area contributed by atoms with Crippen LogP contribution in [-0.4, -0.2) is 48.2 Å². The van der Waals surface area contributed by atoms with E-state index in [4.69, 9.17) is 0 Å². The van der Waals surface area contributed by atoms with Crippen molar-refractivity contribution in [2.45, 2.75) is 12.5 Å². The van der Waals surface area contributed by atoms with Crippen molar-refractivity contribution in [1.29, 1.82) is 0 Å². The van der Waals surface area contributed by atoms with E-state index in [1.165, 1.54) is 0 Å². The molecule has 0 bridgehead atoms. The van der Waals surface area contributed by atoms with Gasteiger partial charge < -0.3 is 4.90 Å². The Hall–Kier alpha value is 0.150. The molecule has 0 spiro atoms. The van der Waals surface area contributed by atoms with Gasteiger partial charge in [-0.1, -0.05) is 22.6 Å². The maximum absolute atomic E-state index is 11.2. The van der Waals surface area contributed by atoms with Crippen LogP contribution >= 0.6 is 22.6 Å². The zero-order chi connectivity index (χ0) is 10.1. The molecule has 0 aliphatic carbocycles. The zero-order valence-electron chi connectivity index (χ0n) is 7.36. The van der Waals surface area contributed by atoms with Crippen molar-refractivity contribution in [1.82, 2.24) is 4.90 Å². The third-order valence-electron chi connectivity index (χ3n) is 2.26. The Bertz CT molecular complexity index is 301. The maximum atomic E-state index is 11.2. The number of sulfone groups is 1. The van der Waals surface area contributed by atoms with E-state index in [0.29, 0.717) is 10.8 Å². The van der Waals surface area contributed by atoms with Crippen molar-refractivity contribution < 1.29 is 13.2 Å². The molecule has 0 radical (unpaired) electrons. The lowest BCUT2D eigenvalue weighted by atomic mass is 10.2. The van der Waals surface area contributed by atoms with Gasteiger partial charge in [-0.25, -0.2) is 8.42 Å². The minimum absolute atomic E-state index is 0.00250. The molecule has 0 aromatic heterocycles. The van der Waals surface area contributed by atoms with Gasteiger partial charge in [-0.15, -0.1) is 0 Å². The fraction of sp³-hybridized carbons (Fsp3) is 0.857. The highest BCUT2D eigenvalue weighted by molar-refractivity contribution is 14.1. The van der Waals surface area contributed by atoms with E-state index in [1.807, 2.05) is 22.6 Å². The van der Waals surface area contributed by atoms with Gasteiger partial charge in [-0.3, -0.25) is 4.79 Å². The normalized spacial score (nSPS) is 25.8. The van der Waals surface area contributed by atoms with E-state index in [-0.39, 0.29) is 23.5 Å². The van der Waals surface area contributed by atoms with Crippen molar-refractivity contribution in [3.63, 3.8) is 0 Å². The molecule has 1 rings (SSSR count). The summed E-state index contributed by atoms with van der Waals surface area (Å²) in [5.74, 6) is 0.352. The zero-order valence-corrected chi connectivity index (χ0v) is 10.3. The predicted molar refractivity (Wildman–Crippen MR) is 58.7 cm³/mol. The molecule has 6 heteroatoms. The second-order valence-electron chi connectivity index (χ2n) is 3.20. The van der Waals surface area contributed by atoms with Gasteiger partial charge in [-0.2, -0.15) is 0 Å². The van der Waals surface area contributed by atoms with Crippen LogP contribution in [0.15, 0.2) is 0 Å². The number of alkyl halides is 1. The molecule has 0 N–H and O–H groups in total. The summed E-state index contributed by atoms with van der Waals surface area (Å²) in [5.41, 5.74) is 0. The average Bonchev–Trinajstić information content (AvgIpc) is 2.43. The summed E-state index contributed by atoms with van der Waals surface area (Å²) in [6.07, 6.45) is 0.585. The molecular weight excluding hydrogens is 305 g/mol. The van der Waals surface area contributed by atoms with Crippen molar-refractivity contribution in [2.24, 2.45) is 0 Å². The lowest BCUT2D eigenvalue weighted by molar-refractivity contribution is -0.128. The number of carbonyl (C=O) groups is 1. The Morgan fingerprint density at radius 2 is 2.23 bits per heavy atom. The van der Waals surface area contributed by atoms with Crippen LogP contribution in [0.5, 0.6) is 0 Å². The number of rotatable bonds is 2. The molecule has 1 amide bonds. The number of hydrogen-bond acceptors (Lipinski definition) is 3. The average molecular weight is 317 g/mol. The Balaban J connectivity index is 2.61. The smallest absolute Gasteiger partial charge is 0.232 e. The third-order valence-corrected chi connectivity index (χ3v) is 4.67. The molecule has 4 nitrogen and oxygen atoms in total. The van der Waals surface area contributed by atoms with Crippen molar-refractivity contribution in [3.8, 4) is 0 Å². The lowest BCUT2D eigenvalue weighted by Crippen LogP contribution is -2.38. The van der Waals surface area contributed by atoms with Crippen molar-refractivity contribution >= 4 is 38.3 Å². The minimum atomic E-state index is -2.88. The van der Waals surface area contributed by atoms with Crippen LogP contribution in [0.2, 0.25) is 0 Å². The largest absolute Gasteiger partial charge is 0.341 e. The van der Waals surface area contributed by atoms with Crippen molar-refractivity contribution in [2.75, 3.05) is 23.0 Å². The van der Waals surface area contributed by atoms with E-state index in [2.05, 4.69) is 0 Å². The fourth-order valence-electron chi connectivity index (χ4n) is 1.38. The van der Waals surface area contributed by atoms with Gasteiger partial charge in [0.25, 0.3) is 0 Å². The summed E-state index contributed by atoms with van der Waals surface area (Å²) >= 11 is 1.98. The number of hydrogen-bond donors (Lipinski definition) is 0. The highest BCUT2D eigenvalue weighted by Crippen LogP contribution is 2.16. The number of carbonyl (C=O) groups excluding carboxylic acids is 1. The van der Waals surface area contributed by atoms with E-state index >= 15 is 0 Å². The van der Waals surface area contributed by atoms with Crippen LogP contribution in [-0.2, 0) is 14.6 Å². The standard InChI is InChI=1S/C7H12INO3S/c1-9(7(10)4-8)6-2-3-13(11,12)5-6/h6H,2-5H2,1H3. The van der Waals surface area contributed by atoms with E-state index < -0.39 is 9.84 Å². The van der Waals surface area contributed by atoms with E-state index in [1.54, 1.807) is 11.9 Å². The molecular formula is C7H12INO3S. The van der Waals surface area contributed by atoms with Gasteiger partial charge in [0.05, 0.1) is 15.9 Å². The molecule has 1 aliphatic heterocycles. The first-order chi connectivity index (χ1) is 5.96. The Kier molecular flexibility index (Phi) is 3.56. The summed E-state index contributed by atoms with van der Waals surface area (Å²) in [6.45, 7) is 0. The van der Waals surface area contributed by atoms with Crippen LogP contribution in [0.3, 0.4) is 0 Å². The SMILES string of the molecule is CN(C(=O)CI)C1CCS(=O)(=O)C1. The second-order valence-corrected chi connectivity index (χ2v) is 6.19. The molecule has 0 aromatic rings. The molecule has 1 saturated heterocycles. The first-order valence-corrected chi connectivity index (χ1v) is 7.33. The molecule has 0 saturated carbocycles. The number of halogens is 1. The molecule has 1 unspecified atom stereocenters. The van der Waals surface area contributed by atoms with Gasteiger partial charge in [0.2, 0.25) is 5.91 Å². The molecule has 1 heterocycles. The predicted octanol–water partition coefficient (Wildman–Crippen LogP) is 0.0669. The number of amides is 1. The Morgan fingerprint density at radius 3 is 2.62 bits per heavy atom.